The summed E-state index contributed by atoms with van der Waals surface area (Å²) in [6, 6.07) is 4.02. The lowest BCUT2D eigenvalue weighted by atomic mass is 9.98. The summed E-state index contributed by atoms with van der Waals surface area (Å²) in [4.78, 5) is 13.7. The maximum Gasteiger partial charge on any atom is 0.224 e. The van der Waals surface area contributed by atoms with E-state index in [9.17, 15) is 4.79 Å². The zero-order chi connectivity index (χ0) is 14.8. The SMILES string of the molecule is CN(CC1CCOCC1)c1cc2c(cc1N)NC(=O)CC2. The van der Waals surface area contributed by atoms with Crippen LogP contribution in [0.5, 0.6) is 0 Å². The number of nitrogen functional groups attached to an aromatic ring is 1. The molecule has 1 saturated heterocycles. The molecule has 21 heavy (non-hydrogen) atoms. The number of amides is 1. The van der Waals surface area contributed by atoms with Crippen molar-refractivity contribution in [1.82, 2.24) is 0 Å². The molecule has 0 aliphatic carbocycles. The van der Waals surface area contributed by atoms with Crippen molar-refractivity contribution >= 4 is 23.0 Å². The average molecular weight is 289 g/mol. The molecular weight excluding hydrogens is 266 g/mol. The van der Waals surface area contributed by atoms with Gasteiger partial charge in [-0.05, 0) is 42.9 Å². The van der Waals surface area contributed by atoms with E-state index in [1.807, 2.05) is 6.07 Å². The average Bonchev–Trinajstić information content (AvgIpc) is 2.47. The Morgan fingerprint density at radius 1 is 1.33 bits per heavy atom. The number of benzene rings is 1. The van der Waals surface area contributed by atoms with Gasteiger partial charge in [0.15, 0.2) is 0 Å². The molecule has 2 heterocycles. The number of ether oxygens (including phenoxy) is 1. The van der Waals surface area contributed by atoms with E-state index < -0.39 is 0 Å². The monoisotopic (exact) mass is 289 g/mol. The first-order valence-electron chi connectivity index (χ1n) is 7.64. The second kappa shape index (κ2) is 5.93. The molecule has 0 atom stereocenters. The van der Waals surface area contributed by atoms with Crippen molar-refractivity contribution in [3.8, 4) is 0 Å². The highest BCUT2D eigenvalue weighted by molar-refractivity contribution is 5.95. The molecule has 0 saturated carbocycles. The third-order valence-electron chi connectivity index (χ3n) is 4.43. The number of hydrogen-bond acceptors (Lipinski definition) is 4. The van der Waals surface area contributed by atoms with E-state index in [1.165, 1.54) is 5.56 Å². The Bertz CT molecular complexity index is 539. The molecule has 2 aliphatic heterocycles. The summed E-state index contributed by atoms with van der Waals surface area (Å²) in [5.41, 5.74) is 10.0. The lowest BCUT2D eigenvalue weighted by molar-refractivity contribution is -0.116. The number of nitrogens with zero attached hydrogens (tertiary/aromatic N) is 1. The fourth-order valence-electron chi connectivity index (χ4n) is 3.18. The first-order chi connectivity index (χ1) is 10.1. The van der Waals surface area contributed by atoms with Gasteiger partial charge in [-0.15, -0.1) is 0 Å². The number of hydrogen-bond donors (Lipinski definition) is 2. The van der Waals surface area contributed by atoms with Gasteiger partial charge in [0.05, 0.1) is 11.4 Å². The number of nitrogens with two attached hydrogens (primary N) is 1. The molecule has 0 unspecified atom stereocenters. The van der Waals surface area contributed by atoms with Crippen LogP contribution in [0, 0.1) is 5.92 Å². The summed E-state index contributed by atoms with van der Waals surface area (Å²) in [7, 11) is 2.09. The van der Waals surface area contributed by atoms with Gasteiger partial charge in [0, 0.05) is 38.9 Å². The summed E-state index contributed by atoms with van der Waals surface area (Å²) in [6.45, 7) is 2.73. The first-order valence-corrected chi connectivity index (χ1v) is 7.64. The van der Waals surface area contributed by atoms with Crippen molar-refractivity contribution in [2.45, 2.75) is 25.7 Å². The number of carbonyl (C=O) groups is 1. The van der Waals surface area contributed by atoms with Crippen LogP contribution in [0.2, 0.25) is 0 Å². The Kier molecular flexibility index (Phi) is 4.01. The Labute approximate surface area is 125 Å². The fraction of sp³-hybridized carbons (Fsp3) is 0.562. The maximum atomic E-state index is 11.4. The standard InChI is InChI=1S/C16H23N3O2/c1-19(10-11-4-6-21-7-5-11)15-8-12-2-3-16(20)18-14(12)9-13(15)17/h8-9,11H,2-7,10,17H2,1H3,(H,18,20). The van der Waals surface area contributed by atoms with Crippen LogP contribution in [0.3, 0.4) is 0 Å². The van der Waals surface area contributed by atoms with Crippen molar-refractivity contribution < 1.29 is 9.53 Å². The van der Waals surface area contributed by atoms with Gasteiger partial charge in [-0.2, -0.15) is 0 Å². The predicted molar refractivity (Wildman–Crippen MR) is 84.6 cm³/mol. The van der Waals surface area contributed by atoms with E-state index >= 15 is 0 Å². The zero-order valence-electron chi connectivity index (χ0n) is 12.5. The number of anilines is 3. The van der Waals surface area contributed by atoms with Gasteiger partial charge < -0.3 is 20.7 Å². The summed E-state index contributed by atoms with van der Waals surface area (Å²) in [6.07, 6.45) is 3.58. The minimum atomic E-state index is 0.0743. The number of carbonyl (C=O) groups excluding carboxylic acids is 1. The Balaban J connectivity index is 1.76. The molecule has 0 aromatic heterocycles. The predicted octanol–water partition coefficient (Wildman–Crippen LogP) is 2.02. The zero-order valence-corrected chi connectivity index (χ0v) is 12.5. The lowest BCUT2D eigenvalue weighted by Gasteiger charge is -2.30. The number of fused-ring (bicyclic) bond motifs is 1. The summed E-state index contributed by atoms with van der Waals surface area (Å²) < 4.78 is 5.41. The molecule has 1 aromatic rings. The summed E-state index contributed by atoms with van der Waals surface area (Å²) >= 11 is 0. The molecule has 3 rings (SSSR count). The Hall–Kier alpha value is -1.75. The first kappa shape index (κ1) is 14.2. The highest BCUT2D eigenvalue weighted by Crippen LogP contribution is 2.33. The van der Waals surface area contributed by atoms with Crippen molar-refractivity contribution in [2.75, 3.05) is 42.8 Å². The maximum absolute atomic E-state index is 11.4. The van der Waals surface area contributed by atoms with Gasteiger partial charge in [-0.1, -0.05) is 0 Å². The smallest absolute Gasteiger partial charge is 0.224 e. The van der Waals surface area contributed by atoms with Gasteiger partial charge in [-0.25, -0.2) is 0 Å². The summed E-state index contributed by atoms with van der Waals surface area (Å²) in [5, 5.41) is 2.89. The molecule has 0 spiro atoms. The van der Waals surface area contributed by atoms with Crippen molar-refractivity contribution in [3.63, 3.8) is 0 Å². The molecule has 114 valence electrons. The van der Waals surface area contributed by atoms with Crippen molar-refractivity contribution in [2.24, 2.45) is 5.92 Å². The van der Waals surface area contributed by atoms with E-state index in [0.29, 0.717) is 12.3 Å². The van der Waals surface area contributed by atoms with Gasteiger partial charge in [-0.3, -0.25) is 4.79 Å². The second-order valence-electron chi connectivity index (χ2n) is 6.05. The normalized spacial score (nSPS) is 19.0. The highest BCUT2D eigenvalue weighted by Gasteiger charge is 2.20. The number of nitrogens with one attached hydrogen (secondary N) is 1. The van der Waals surface area contributed by atoms with Gasteiger partial charge in [0.2, 0.25) is 5.91 Å². The molecule has 3 N–H and O–H groups in total. The van der Waals surface area contributed by atoms with Crippen LogP contribution in [0.15, 0.2) is 12.1 Å². The van der Waals surface area contributed by atoms with Crippen LogP contribution in [0.1, 0.15) is 24.8 Å². The van der Waals surface area contributed by atoms with E-state index in [1.54, 1.807) is 0 Å². The molecule has 5 heteroatoms. The van der Waals surface area contributed by atoms with E-state index in [4.69, 9.17) is 10.5 Å². The molecular formula is C16H23N3O2. The Morgan fingerprint density at radius 3 is 2.86 bits per heavy atom. The molecule has 0 bridgehead atoms. The third-order valence-corrected chi connectivity index (χ3v) is 4.43. The van der Waals surface area contributed by atoms with Crippen LogP contribution in [0.4, 0.5) is 17.1 Å². The van der Waals surface area contributed by atoms with Crippen LogP contribution in [-0.2, 0) is 16.0 Å². The minimum absolute atomic E-state index is 0.0743. The van der Waals surface area contributed by atoms with E-state index in [-0.39, 0.29) is 5.91 Å². The molecule has 1 amide bonds. The van der Waals surface area contributed by atoms with Gasteiger partial charge in [0.25, 0.3) is 0 Å². The Morgan fingerprint density at radius 2 is 2.10 bits per heavy atom. The minimum Gasteiger partial charge on any atom is -0.397 e. The molecule has 5 nitrogen and oxygen atoms in total. The van der Waals surface area contributed by atoms with Crippen LogP contribution in [0.25, 0.3) is 0 Å². The molecule has 0 radical (unpaired) electrons. The van der Waals surface area contributed by atoms with Crippen LogP contribution in [-0.4, -0.2) is 32.7 Å². The largest absolute Gasteiger partial charge is 0.397 e. The third kappa shape index (κ3) is 3.13. The topological polar surface area (TPSA) is 67.6 Å². The van der Waals surface area contributed by atoms with Gasteiger partial charge in [0.1, 0.15) is 0 Å². The lowest BCUT2D eigenvalue weighted by Crippen LogP contribution is -2.30. The van der Waals surface area contributed by atoms with Gasteiger partial charge >= 0.3 is 0 Å². The fourth-order valence-corrected chi connectivity index (χ4v) is 3.18. The highest BCUT2D eigenvalue weighted by atomic mass is 16.5. The van der Waals surface area contributed by atoms with Crippen LogP contribution >= 0.6 is 0 Å². The van der Waals surface area contributed by atoms with E-state index in [0.717, 1.165) is 56.1 Å². The quantitative estimate of drug-likeness (QED) is 0.835. The molecule has 1 aromatic carbocycles. The number of aryl methyl sites for hydroxylation is 1. The molecule has 1 fully saturated rings. The van der Waals surface area contributed by atoms with Crippen molar-refractivity contribution in [1.29, 1.82) is 0 Å². The van der Waals surface area contributed by atoms with Crippen molar-refractivity contribution in [3.05, 3.63) is 17.7 Å². The summed E-state index contributed by atoms with van der Waals surface area (Å²) in [5.74, 6) is 0.740. The molecule has 2 aliphatic rings. The second-order valence-corrected chi connectivity index (χ2v) is 6.05. The van der Waals surface area contributed by atoms with E-state index in [2.05, 4.69) is 23.3 Å². The van der Waals surface area contributed by atoms with Crippen LogP contribution < -0.4 is 16.0 Å². The number of rotatable bonds is 3.